The van der Waals surface area contributed by atoms with Crippen LogP contribution in [0.3, 0.4) is 0 Å². The molecule has 3 heterocycles. The Kier molecular flexibility index (Phi) is 6.03. The highest BCUT2D eigenvalue weighted by Gasteiger charge is 2.25. The van der Waals surface area contributed by atoms with Gasteiger partial charge in [0.1, 0.15) is 23.5 Å². The van der Waals surface area contributed by atoms with Crippen LogP contribution in [0.1, 0.15) is 31.0 Å². The molecule has 1 amide bonds. The summed E-state index contributed by atoms with van der Waals surface area (Å²) in [5.74, 6) is 0.207. The summed E-state index contributed by atoms with van der Waals surface area (Å²) in [5, 5.41) is 2.95. The predicted molar refractivity (Wildman–Crippen MR) is 115 cm³/mol. The molecule has 1 saturated heterocycles. The van der Waals surface area contributed by atoms with Crippen molar-refractivity contribution in [2.45, 2.75) is 33.1 Å². The zero-order valence-electron chi connectivity index (χ0n) is 17.5. The van der Waals surface area contributed by atoms with Crippen molar-refractivity contribution >= 4 is 28.8 Å². The van der Waals surface area contributed by atoms with Crippen molar-refractivity contribution in [2.75, 3.05) is 37.6 Å². The molecule has 30 heavy (non-hydrogen) atoms. The molecule has 8 heteroatoms. The number of hydrogen-bond acceptors (Lipinski definition) is 6. The molecule has 7 nitrogen and oxygen atoms in total. The number of halogens is 1. The number of benzene rings is 1. The van der Waals surface area contributed by atoms with Gasteiger partial charge in [-0.25, -0.2) is 19.4 Å². The molecular formula is C22H27FN6O. The van der Waals surface area contributed by atoms with Crippen LogP contribution >= 0.6 is 0 Å². The molecule has 2 aromatic rings. The second-order valence-corrected chi connectivity index (χ2v) is 7.81. The minimum Gasteiger partial charge on any atom is -0.350 e. The Balaban J connectivity index is 1.52. The van der Waals surface area contributed by atoms with E-state index in [-0.39, 0.29) is 11.7 Å². The first-order valence-electron chi connectivity index (χ1n) is 10.5. The Bertz CT molecular complexity index is 970. The SMILES string of the molecule is CC(=Nc1c(C)ncnc1N1CCc2cc(F)ccc21)C(=O)NCCN1CCCC1. The molecule has 0 atom stereocenters. The summed E-state index contributed by atoms with van der Waals surface area (Å²) in [7, 11) is 0. The third-order valence-electron chi connectivity index (χ3n) is 5.70. The van der Waals surface area contributed by atoms with Gasteiger partial charge in [0, 0.05) is 25.3 Å². The van der Waals surface area contributed by atoms with Crippen molar-refractivity contribution in [1.82, 2.24) is 20.2 Å². The van der Waals surface area contributed by atoms with Gasteiger partial charge in [-0.15, -0.1) is 0 Å². The lowest BCUT2D eigenvalue weighted by molar-refractivity contribution is -0.114. The van der Waals surface area contributed by atoms with Crippen molar-refractivity contribution in [3.63, 3.8) is 0 Å². The Morgan fingerprint density at radius 1 is 1.23 bits per heavy atom. The number of rotatable bonds is 6. The highest BCUT2D eigenvalue weighted by molar-refractivity contribution is 6.38. The van der Waals surface area contributed by atoms with Crippen LogP contribution in [0.15, 0.2) is 29.5 Å². The summed E-state index contributed by atoms with van der Waals surface area (Å²) < 4.78 is 13.6. The lowest BCUT2D eigenvalue weighted by atomic mass is 10.1. The van der Waals surface area contributed by atoms with E-state index in [0.29, 0.717) is 36.0 Å². The molecular weight excluding hydrogens is 383 g/mol. The summed E-state index contributed by atoms with van der Waals surface area (Å²) >= 11 is 0. The van der Waals surface area contributed by atoms with E-state index in [1.54, 1.807) is 19.1 Å². The lowest BCUT2D eigenvalue weighted by Gasteiger charge is -2.20. The van der Waals surface area contributed by atoms with Crippen LogP contribution in [0.5, 0.6) is 0 Å². The van der Waals surface area contributed by atoms with Crippen LogP contribution in [0.25, 0.3) is 0 Å². The number of anilines is 2. The summed E-state index contributed by atoms with van der Waals surface area (Å²) in [6.07, 6.45) is 4.69. The van der Waals surface area contributed by atoms with E-state index in [1.807, 2.05) is 11.8 Å². The first-order chi connectivity index (χ1) is 14.5. The molecule has 158 valence electrons. The fraction of sp³-hybridized carbons (Fsp3) is 0.455. The van der Waals surface area contributed by atoms with Crippen LogP contribution in [-0.4, -0.2) is 59.2 Å². The standard InChI is InChI=1S/C22H27FN6O/c1-15-20(27-16(2)22(30)24-8-12-28-9-3-4-10-28)21(26-14-25-15)29-11-7-17-13-18(23)5-6-19(17)29/h5-6,13-14H,3-4,7-12H2,1-2H3,(H,24,30). The summed E-state index contributed by atoms with van der Waals surface area (Å²) in [6.45, 7) is 7.91. The van der Waals surface area contributed by atoms with Crippen molar-refractivity contribution in [1.29, 1.82) is 0 Å². The van der Waals surface area contributed by atoms with Gasteiger partial charge in [-0.2, -0.15) is 0 Å². The van der Waals surface area contributed by atoms with Crippen LogP contribution in [0.4, 0.5) is 21.6 Å². The third-order valence-corrected chi connectivity index (χ3v) is 5.70. The lowest BCUT2D eigenvalue weighted by Crippen LogP contribution is -2.36. The second kappa shape index (κ2) is 8.87. The summed E-state index contributed by atoms with van der Waals surface area (Å²) in [5.41, 5.74) is 3.49. The van der Waals surface area contributed by atoms with Crippen LogP contribution in [0.2, 0.25) is 0 Å². The zero-order valence-corrected chi connectivity index (χ0v) is 17.5. The van der Waals surface area contributed by atoms with Crippen LogP contribution in [-0.2, 0) is 11.2 Å². The Morgan fingerprint density at radius 2 is 2.03 bits per heavy atom. The molecule has 0 aliphatic carbocycles. The van der Waals surface area contributed by atoms with E-state index in [9.17, 15) is 9.18 Å². The Labute approximate surface area is 176 Å². The third kappa shape index (κ3) is 4.33. The Hall–Kier alpha value is -2.87. The number of aromatic nitrogens is 2. The summed E-state index contributed by atoms with van der Waals surface area (Å²) in [6, 6.07) is 4.78. The molecule has 2 aliphatic heterocycles. The molecule has 0 spiro atoms. The minimum absolute atomic E-state index is 0.188. The number of carbonyl (C=O) groups excluding carboxylic acids is 1. The quantitative estimate of drug-likeness (QED) is 0.742. The van der Waals surface area contributed by atoms with Gasteiger partial charge in [-0.3, -0.25) is 4.79 Å². The predicted octanol–water partition coefficient (Wildman–Crippen LogP) is 2.92. The van der Waals surface area contributed by atoms with E-state index in [0.717, 1.165) is 37.3 Å². The molecule has 1 aromatic carbocycles. The zero-order chi connectivity index (χ0) is 21.1. The number of amides is 1. The molecule has 0 bridgehead atoms. The van der Waals surface area contributed by atoms with Gasteiger partial charge >= 0.3 is 0 Å². The first-order valence-corrected chi connectivity index (χ1v) is 10.5. The largest absolute Gasteiger partial charge is 0.350 e. The minimum atomic E-state index is -0.242. The fourth-order valence-corrected chi connectivity index (χ4v) is 4.05. The normalized spacial score (nSPS) is 16.8. The number of fused-ring (bicyclic) bond motifs is 1. The number of nitrogens with one attached hydrogen (secondary N) is 1. The highest BCUT2D eigenvalue weighted by atomic mass is 19.1. The van der Waals surface area contributed by atoms with Crippen molar-refractivity contribution < 1.29 is 9.18 Å². The average molecular weight is 410 g/mol. The van der Waals surface area contributed by atoms with Gasteiger partial charge in [0.05, 0.1) is 5.69 Å². The van der Waals surface area contributed by atoms with E-state index < -0.39 is 0 Å². The molecule has 0 saturated carbocycles. The maximum atomic E-state index is 13.6. The van der Waals surface area contributed by atoms with Gasteiger partial charge < -0.3 is 15.1 Å². The van der Waals surface area contributed by atoms with E-state index in [4.69, 9.17) is 0 Å². The second-order valence-electron chi connectivity index (χ2n) is 7.81. The van der Waals surface area contributed by atoms with E-state index in [2.05, 4.69) is 25.2 Å². The Morgan fingerprint density at radius 3 is 2.83 bits per heavy atom. The molecule has 0 radical (unpaired) electrons. The van der Waals surface area contributed by atoms with Gasteiger partial charge in [0.2, 0.25) is 0 Å². The molecule has 4 rings (SSSR count). The average Bonchev–Trinajstić information content (AvgIpc) is 3.39. The molecule has 0 unspecified atom stereocenters. The van der Waals surface area contributed by atoms with Gasteiger partial charge in [0.25, 0.3) is 5.91 Å². The van der Waals surface area contributed by atoms with Crippen molar-refractivity contribution in [3.05, 3.63) is 41.6 Å². The fourth-order valence-electron chi connectivity index (χ4n) is 4.05. The van der Waals surface area contributed by atoms with E-state index in [1.165, 1.54) is 25.2 Å². The highest BCUT2D eigenvalue weighted by Crippen LogP contribution is 2.39. The van der Waals surface area contributed by atoms with Gasteiger partial charge in [-0.05, 0) is 70.0 Å². The first kappa shape index (κ1) is 20.4. The van der Waals surface area contributed by atoms with Gasteiger partial charge in [0.15, 0.2) is 5.82 Å². The number of likely N-dealkylation sites (tertiary alicyclic amines) is 1. The number of carbonyl (C=O) groups is 1. The molecule has 2 aliphatic rings. The molecule has 1 N–H and O–H groups in total. The smallest absolute Gasteiger partial charge is 0.265 e. The number of aryl methyl sites for hydroxylation is 1. The monoisotopic (exact) mass is 410 g/mol. The van der Waals surface area contributed by atoms with E-state index >= 15 is 0 Å². The van der Waals surface area contributed by atoms with Crippen LogP contribution in [0, 0.1) is 12.7 Å². The number of hydrogen-bond donors (Lipinski definition) is 1. The maximum Gasteiger partial charge on any atom is 0.265 e. The topological polar surface area (TPSA) is 73.7 Å². The maximum absolute atomic E-state index is 13.6. The molecule has 1 aromatic heterocycles. The van der Waals surface area contributed by atoms with Gasteiger partial charge in [-0.1, -0.05) is 0 Å². The summed E-state index contributed by atoms with van der Waals surface area (Å²) in [4.78, 5) is 30.2. The number of nitrogens with zero attached hydrogens (tertiary/aromatic N) is 5. The number of aliphatic imine (C=N–C) groups is 1. The van der Waals surface area contributed by atoms with Crippen molar-refractivity contribution in [2.24, 2.45) is 4.99 Å². The van der Waals surface area contributed by atoms with Crippen molar-refractivity contribution in [3.8, 4) is 0 Å². The van der Waals surface area contributed by atoms with Crippen LogP contribution < -0.4 is 10.2 Å². The molecule has 1 fully saturated rings.